The van der Waals surface area contributed by atoms with Crippen molar-refractivity contribution in [2.24, 2.45) is 0 Å². The van der Waals surface area contributed by atoms with Crippen molar-refractivity contribution in [3.05, 3.63) is 56.8 Å². The number of hydrogen-bond donors (Lipinski definition) is 2. The third-order valence-corrected chi connectivity index (χ3v) is 5.66. The van der Waals surface area contributed by atoms with Gasteiger partial charge in [0.2, 0.25) is 0 Å². The monoisotopic (exact) mass is 396 g/mol. The predicted octanol–water partition coefficient (Wildman–Crippen LogP) is 2.44. The summed E-state index contributed by atoms with van der Waals surface area (Å²) in [6.07, 6.45) is 3.88. The molecule has 0 radical (unpaired) electrons. The highest BCUT2D eigenvalue weighted by Gasteiger charge is 2.16. The zero-order valence-corrected chi connectivity index (χ0v) is 16.1. The minimum Gasteiger partial charge on any atom is -0.343 e. The molecule has 4 rings (SSSR count). The number of nitrogens with zero attached hydrogens (tertiary/aromatic N) is 2. The number of aryl methyl sites for hydroxylation is 1. The van der Waals surface area contributed by atoms with Crippen molar-refractivity contribution >= 4 is 39.7 Å². The van der Waals surface area contributed by atoms with Crippen molar-refractivity contribution in [3.8, 4) is 0 Å². The molecule has 0 saturated carbocycles. The fraction of sp³-hybridized carbons (Fsp3) is 0.300. The minimum atomic E-state index is -0.765. The van der Waals surface area contributed by atoms with Gasteiger partial charge in [0, 0.05) is 23.5 Å². The number of thiophene rings is 1. The first-order valence-electron chi connectivity index (χ1n) is 9.27. The molecule has 0 saturated heterocycles. The van der Waals surface area contributed by atoms with Gasteiger partial charge in [0.05, 0.1) is 17.4 Å². The summed E-state index contributed by atoms with van der Waals surface area (Å²) in [6, 6.07) is 8.73. The van der Waals surface area contributed by atoms with E-state index in [1.54, 1.807) is 22.8 Å². The van der Waals surface area contributed by atoms with Gasteiger partial charge in [-0.1, -0.05) is 12.5 Å². The predicted molar refractivity (Wildman–Crippen MR) is 108 cm³/mol. The fourth-order valence-corrected chi connectivity index (χ4v) is 3.99. The highest BCUT2D eigenvalue weighted by atomic mass is 32.1. The van der Waals surface area contributed by atoms with Gasteiger partial charge in [-0.3, -0.25) is 19.0 Å². The average Bonchev–Trinajstić information content (AvgIpc) is 3.11. The van der Waals surface area contributed by atoms with Crippen LogP contribution in [-0.4, -0.2) is 21.4 Å². The maximum atomic E-state index is 12.9. The summed E-state index contributed by atoms with van der Waals surface area (Å²) in [5.41, 5.74) is 0.912. The summed E-state index contributed by atoms with van der Waals surface area (Å²) in [4.78, 5) is 42.6. The Balaban J connectivity index is 1.52. The standard InChI is InChI=1S/C20H20N4O3S/c25-18(21-12-14-5-4-10-28-14)19(26)22-13-7-8-16-15(11-13)20(27)24-9-3-1-2-6-17(24)23-16/h4-5,7-8,10-11H,1-3,6,9,12H2,(H,21,25)(H,22,26). The number of benzene rings is 1. The highest BCUT2D eigenvalue weighted by Crippen LogP contribution is 2.18. The summed E-state index contributed by atoms with van der Waals surface area (Å²) < 4.78 is 1.73. The number of hydrogen-bond acceptors (Lipinski definition) is 5. The molecule has 144 valence electrons. The maximum Gasteiger partial charge on any atom is 0.313 e. The first-order chi connectivity index (χ1) is 13.6. The van der Waals surface area contributed by atoms with E-state index >= 15 is 0 Å². The first-order valence-corrected chi connectivity index (χ1v) is 10.1. The topological polar surface area (TPSA) is 93.1 Å². The molecule has 1 aliphatic heterocycles. The minimum absolute atomic E-state index is 0.0971. The van der Waals surface area contributed by atoms with Crippen molar-refractivity contribution in [1.29, 1.82) is 0 Å². The lowest BCUT2D eigenvalue weighted by atomic mass is 10.2. The van der Waals surface area contributed by atoms with Crippen LogP contribution in [0.2, 0.25) is 0 Å². The van der Waals surface area contributed by atoms with E-state index in [1.807, 2.05) is 17.5 Å². The lowest BCUT2D eigenvalue weighted by molar-refractivity contribution is -0.136. The van der Waals surface area contributed by atoms with Crippen LogP contribution in [0.15, 0.2) is 40.5 Å². The van der Waals surface area contributed by atoms with Crippen LogP contribution in [0.25, 0.3) is 10.9 Å². The van der Waals surface area contributed by atoms with E-state index in [2.05, 4.69) is 15.6 Å². The number of rotatable bonds is 3. The second kappa shape index (κ2) is 7.93. The highest BCUT2D eigenvalue weighted by molar-refractivity contribution is 7.09. The third-order valence-electron chi connectivity index (χ3n) is 4.78. The van der Waals surface area contributed by atoms with Crippen molar-refractivity contribution in [2.45, 2.75) is 38.8 Å². The van der Waals surface area contributed by atoms with Crippen LogP contribution in [0.5, 0.6) is 0 Å². The van der Waals surface area contributed by atoms with E-state index in [1.165, 1.54) is 11.3 Å². The van der Waals surface area contributed by atoms with Gasteiger partial charge >= 0.3 is 11.8 Å². The molecule has 28 heavy (non-hydrogen) atoms. The van der Waals surface area contributed by atoms with Crippen molar-refractivity contribution in [1.82, 2.24) is 14.9 Å². The molecule has 0 spiro atoms. The number of amides is 2. The van der Waals surface area contributed by atoms with Crippen LogP contribution in [0.3, 0.4) is 0 Å². The SMILES string of the molecule is O=C(NCc1cccs1)C(=O)Nc1ccc2nc3n(c(=O)c2c1)CCCCC3. The van der Waals surface area contributed by atoms with Gasteiger partial charge in [0.15, 0.2) is 0 Å². The van der Waals surface area contributed by atoms with Crippen LogP contribution >= 0.6 is 11.3 Å². The van der Waals surface area contributed by atoms with E-state index in [9.17, 15) is 14.4 Å². The Morgan fingerprint density at radius 1 is 1.14 bits per heavy atom. The summed E-state index contributed by atoms with van der Waals surface area (Å²) in [7, 11) is 0. The zero-order valence-electron chi connectivity index (χ0n) is 15.2. The molecule has 2 amide bonds. The Morgan fingerprint density at radius 3 is 2.86 bits per heavy atom. The largest absolute Gasteiger partial charge is 0.343 e. The molecule has 2 N–H and O–H groups in total. The third kappa shape index (κ3) is 3.82. The number of carbonyl (C=O) groups is 2. The second-order valence-electron chi connectivity index (χ2n) is 6.74. The van der Waals surface area contributed by atoms with E-state index < -0.39 is 11.8 Å². The van der Waals surface area contributed by atoms with Crippen molar-refractivity contribution < 1.29 is 9.59 Å². The molecule has 2 aromatic heterocycles. The molecule has 8 heteroatoms. The Bertz CT molecular complexity index is 1090. The average molecular weight is 396 g/mol. The van der Waals surface area contributed by atoms with Gasteiger partial charge < -0.3 is 10.6 Å². The van der Waals surface area contributed by atoms with Crippen LogP contribution in [0.1, 0.15) is 30.0 Å². The number of nitrogens with one attached hydrogen (secondary N) is 2. The smallest absolute Gasteiger partial charge is 0.313 e. The molecular weight excluding hydrogens is 376 g/mol. The molecule has 7 nitrogen and oxygen atoms in total. The normalized spacial score (nSPS) is 13.6. The van der Waals surface area contributed by atoms with E-state index in [-0.39, 0.29) is 5.56 Å². The molecule has 1 aromatic carbocycles. The van der Waals surface area contributed by atoms with Crippen LogP contribution in [0.4, 0.5) is 5.69 Å². The van der Waals surface area contributed by atoms with Gasteiger partial charge in [-0.25, -0.2) is 4.98 Å². The van der Waals surface area contributed by atoms with E-state index in [4.69, 9.17) is 0 Å². The summed E-state index contributed by atoms with van der Waals surface area (Å²) in [5, 5.41) is 7.50. The maximum absolute atomic E-state index is 12.9. The Hall–Kier alpha value is -3.00. The molecular formula is C20H20N4O3S. The number of aromatic nitrogens is 2. The Kier molecular flexibility index (Phi) is 5.21. The summed E-state index contributed by atoms with van der Waals surface area (Å²) in [6.45, 7) is 0.970. The number of anilines is 1. The Morgan fingerprint density at radius 2 is 2.04 bits per heavy atom. The van der Waals surface area contributed by atoms with Gasteiger partial charge in [0.1, 0.15) is 5.82 Å². The molecule has 3 heterocycles. The molecule has 0 aliphatic carbocycles. The van der Waals surface area contributed by atoms with Crippen LogP contribution in [-0.2, 0) is 29.1 Å². The van der Waals surface area contributed by atoms with Crippen molar-refractivity contribution in [2.75, 3.05) is 5.32 Å². The Labute approximate surface area is 165 Å². The molecule has 1 aliphatic rings. The molecule has 0 atom stereocenters. The van der Waals surface area contributed by atoms with E-state index in [0.29, 0.717) is 29.7 Å². The van der Waals surface area contributed by atoms with Gasteiger partial charge in [-0.15, -0.1) is 11.3 Å². The van der Waals surface area contributed by atoms with Crippen LogP contribution < -0.4 is 16.2 Å². The zero-order chi connectivity index (χ0) is 19.5. The molecule has 0 unspecified atom stereocenters. The fourth-order valence-electron chi connectivity index (χ4n) is 3.34. The van der Waals surface area contributed by atoms with Crippen LogP contribution in [0, 0.1) is 0 Å². The molecule has 3 aromatic rings. The lowest BCUT2D eigenvalue weighted by Gasteiger charge is -2.11. The second-order valence-corrected chi connectivity index (χ2v) is 7.78. The van der Waals surface area contributed by atoms with Gasteiger partial charge in [0.25, 0.3) is 5.56 Å². The summed E-state index contributed by atoms with van der Waals surface area (Å²) in [5.74, 6) is -0.663. The quantitative estimate of drug-likeness (QED) is 0.665. The van der Waals surface area contributed by atoms with Gasteiger partial charge in [-0.2, -0.15) is 0 Å². The number of fused-ring (bicyclic) bond motifs is 2. The molecule has 0 fully saturated rings. The number of carbonyl (C=O) groups excluding carboxylic acids is 2. The van der Waals surface area contributed by atoms with E-state index in [0.717, 1.165) is 36.4 Å². The molecule has 0 bridgehead atoms. The van der Waals surface area contributed by atoms with Gasteiger partial charge in [-0.05, 0) is 42.5 Å². The summed E-state index contributed by atoms with van der Waals surface area (Å²) >= 11 is 1.51. The lowest BCUT2D eigenvalue weighted by Crippen LogP contribution is -2.34. The first kappa shape index (κ1) is 18.4. The van der Waals surface area contributed by atoms with Crippen molar-refractivity contribution in [3.63, 3.8) is 0 Å².